The van der Waals surface area contributed by atoms with Crippen molar-refractivity contribution in [1.29, 1.82) is 0 Å². The molecule has 0 bridgehead atoms. The Kier molecular flexibility index (Phi) is 12.8. The Balaban J connectivity index is 0.00000137. The van der Waals surface area contributed by atoms with Crippen molar-refractivity contribution in [1.82, 2.24) is 0 Å². The van der Waals surface area contributed by atoms with Crippen molar-refractivity contribution in [2.24, 2.45) is 0 Å². The van der Waals surface area contributed by atoms with Gasteiger partial charge in [-0.2, -0.15) is 0 Å². The molecule has 2 nitrogen and oxygen atoms in total. The van der Waals surface area contributed by atoms with Gasteiger partial charge in [0.25, 0.3) is 0 Å². The van der Waals surface area contributed by atoms with Crippen molar-refractivity contribution in [3.63, 3.8) is 0 Å². The van der Waals surface area contributed by atoms with E-state index in [2.05, 4.69) is 113 Å². The quantitative estimate of drug-likeness (QED) is 0.114. The van der Waals surface area contributed by atoms with E-state index in [1.165, 1.54) is 64.3 Å². The number of para-hydroxylation sites is 1. The Morgan fingerprint density at radius 2 is 1.60 bits per heavy atom. The van der Waals surface area contributed by atoms with Crippen LogP contribution in [-0.4, -0.2) is 38.1 Å². The fourth-order valence-electron chi connectivity index (χ4n) is 4.92. The van der Waals surface area contributed by atoms with Crippen molar-refractivity contribution < 1.29 is 22.3 Å². The van der Waals surface area contributed by atoms with Gasteiger partial charge in [-0.25, -0.2) is 4.58 Å². The van der Waals surface area contributed by atoms with Gasteiger partial charge in [-0.15, -0.1) is 11.8 Å². The van der Waals surface area contributed by atoms with Crippen LogP contribution in [0.25, 0.3) is 0 Å². The van der Waals surface area contributed by atoms with Gasteiger partial charge < -0.3 is 4.58 Å². The van der Waals surface area contributed by atoms with E-state index in [1.54, 1.807) is 0 Å². The van der Waals surface area contributed by atoms with E-state index >= 15 is 0 Å². The predicted octanol–water partition coefficient (Wildman–Crippen LogP) is 8.90. The molecule has 0 spiro atoms. The molecule has 1 aromatic carbocycles. The van der Waals surface area contributed by atoms with Crippen LogP contribution in [0.3, 0.4) is 0 Å². The molecule has 2 atom stereocenters. The molecule has 0 radical (unpaired) electrons. The molecule has 2 unspecified atom stereocenters. The fourth-order valence-corrected chi connectivity index (χ4v) is 6.60. The molecular formula is C29H41Cl2FeN2S+2. The number of hydrogen-bond acceptors (Lipinski definition) is 1. The average molecular weight is 576 g/mol. The second-order valence-electron chi connectivity index (χ2n) is 9.60. The summed E-state index contributed by atoms with van der Waals surface area (Å²) in [5, 5.41) is 1.04. The standard InChI is InChI=1S/C29H41N2S.2ClH.Fe/c1-20-13-9-10-14-21(2)26(19-20)30(7)24(5)27-17-12-18-28(32-27)25(6)31(8)29-22(3)15-11-16-23(29)4;;;/h10-11,13-16,27-28H,8-9,12,17-19H2,1-7H3;2*1H;/q+1;;;+3/p-2/b14-10-,20-13-,26-21+,30-24?;;;. The molecule has 1 aliphatic heterocycles. The third kappa shape index (κ3) is 8.30. The zero-order valence-electron chi connectivity index (χ0n) is 22.3. The van der Waals surface area contributed by atoms with Crippen LogP contribution in [0, 0.1) is 20.9 Å². The first-order chi connectivity index (χ1) is 16.6. The zero-order chi connectivity index (χ0) is 26.1. The molecule has 0 aromatic heterocycles. The average Bonchev–Trinajstić information content (AvgIpc) is 2.83. The Morgan fingerprint density at radius 3 is 2.20 bits per heavy atom. The molecule has 1 aromatic rings. The SMILES string of the molecule is [CH2-][N+](=C(C)C1CCCC(C(C)=[N+](C)/C2=C(C)/C=C\C/C=C(/C)C2)S1)c1c(C)cccc1C.[Cl][Fe+][Cl]. The Labute approximate surface area is 232 Å². The van der Waals surface area contributed by atoms with Crippen LogP contribution in [0.5, 0.6) is 0 Å². The van der Waals surface area contributed by atoms with Gasteiger partial charge >= 0.3 is 33.3 Å². The third-order valence-electron chi connectivity index (χ3n) is 7.13. The molecule has 193 valence electrons. The molecule has 35 heavy (non-hydrogen) atoms. The van der Waals surface area contributed by atoms with Gasteiger partial charge in [-0.05, 0) is 65.0 Å². The predicted molar refractivity (Wildman–Crippen MR) is 154 cm³/mol. The van der Waals surface area contributed by atoms with E-state index < -0.39 is 0 Å². The van der Waals surface area contributed by atoms with Crippen LogP contribution in [0.2, 0.25) is 0 Å². The zero-order valence-corrected chi connectivity index (χ0v) is 25.7. The van der Waals surface area contributed by atoms with E-state index in [1.807, 2.05) is 0 Å². The van der Waals surface area contributed by atoms with Crippen LogP contribution in [-0.2, 0) is 13.1 Å². The molecule has 0 saturated carbocycles. The molecule has 0 amide bonds. The van der Waals surface area contributed by atoms with E-state index in [4.69, 9.17) is 20.2 Å². The molecule has 1 aliphatic carbocycles. The van der Waals surface area contributed by atoms with Crippen LogP contribution in [0.1, 0.15) is 70.9 Å². The summed E-state index contributed by atoms with van der Waals surface area (Å²) < 4.78 is 4.68. The second-order valence-corrected chi connectivity index (χ2v) is 12.8. The summed E-state index contributed by atoms with van der Waals surface area (Å²) in [6.07, 6.45) is 12.8. The van der Waals surface area contributed by atoms with Crippen LogP contribution >= 0.6 is 32.0 Å². The third-order valence-corrected chi connectivity index (χ3v) is 8.94. The van der Waals surface area contributed by atoms with Crippen molar-refractivity contribution >= 4 is 49.1 Å². The van der Waals surface area contributed by atoms with Gasteiger partial charge in [0.05, 0.1) is 17.4 Å². The summed E-state index contributed by atoms with van der Waals surface area (Å²) in [5.74, 6) is 0. The molecule has 2 aliphatic rings. The minimum atomic E-state index is 0.194. The number of nitrogens with zero attached hydrogens (tertiary/aromatic N) is 2. The maximum absolute atomic E-state index is 4.76. The number of allylic oxidation sites excluding steroid dienone is 5. The number of rotatable bonds is 4. The number of hydrogen-bond donors (Lipinski definition) is 0. The summed E-state index contributed by atoms with van der Waals surface area (Å²) in [5.41, 5.74) is 11.0. The van der Waals surface area contributed by atoms with E-state index in [-0.39, 0.29) is 13.1 Å². The molecule has 1 saturated heterocycles. The summed E-state index contributed by atoms with van der Waals surface area (Å²) in [7, 11) is 16.3. The summed E-state index contributed by atoms with van der Waals surface area (Å²) in [6, 6.07) is 6.51. The van der Waals surface area contributed by atoms with E-state index in [0.717, 1.165) is 12.8 Å². The molecule has 3 rings (SSSR count). The van der Waals surface area contributed by atoms with Crippen LogP contribution in [0.4, 0.5) is 5.69 Å². The van der Waals surface area contributed by atoms with E-state index in [0.29, 0.717) is 10.5 Å². The molecule has 6 heteroatoms. The van der Waals surface area contributed by atoms with Gasteiger partial charge in [-0.1, -0.05) is 48.4 Å². The number of halogens is 2. The Bertz CT molecular complexity index is 1030. The second kappa shape index (κ2) is 14.7. The van der Waals surface area contributed by atoms with Gasteiger partial charge in [0.1, 0.15) is 12.7 Å². The number of aryl methyl sites for hydroxylation is 2. The molecular weight excluding hydrogens is 535 g/mol. The Hall–Kier alpha value is -0.901. The van der Waals surface area contributed by atoms with Crippen molar-refractivity contribution in [3.8, 4) is 0 Å². The first-order valence-corrected chi connectivity index (χ1v) is 16.2. The Morgan fingerprint density at radius 1 is 1.03 bits per heavy atom. The first-order valence-electron chi connectivity index (χ1n) is 12.2. The van der Waals surface area contributed by atoms with Gasteiger partial charge in [-0.3, -0.25) is 0 Å². The van der Waals surface area contributed by atoms with Crippen molar-refractivity contribution in [2.75, 3.05) is 7.05 Å². The fraction of sp³-hybridized carbons (Fsp3) is 0.483. The summed E-state index contributed by atoms with van der Waals surface area (Å²) in [6.45, 7) is 13.5. The summed E-state index contributed by atoms with van der Waals surface area (Å²) in [4.78, 5) is 0. The number of benzene rings is 1. The van der Waals surface area contributed by atoms with Gasteiger partial charge in [0.15, 0.2) is 11.4 Å². The van der Waals surface area contributed by atoms with Crippen molar-refractivity contribution in [2.45, 2.75) is 84.1 Å². The van der Waals surface area contributed by atoms with Crippen LogP contribution in [0.15, 0.2) is 53.3 Å². The monoisotopic (exact) mass is 575 g/mol. The van der Waals surface area contributed by atoms with Crippen molar-refractivity contribution in [3.05, 3.63) is 71.4 Å². The van der Waals surface area contributed by atoms with Gasteiger partial charge in [0, 0.05) is 24.8 Å². The maximum atomic E-state index is 4.76. The van der Waals surface area contributed by atoms with Crippen LogP contribution < -0.4 is 0 Å². The number of thioether (sulfide) groups is 1. The van der Waals surface area contributed by atoms with E-state index in [9.17, 15) is 0 Å². The summed E-state index contributed by atoms with van der Waals surface area (Å²) >= 11 is 2.33. The molecule has 0 N–H and O–H groups in total. The molecule has 1 fully saturated rings. The minimum absolute atomic E-state index is 0.194. The van der Waals surface area contributed by atoms with Gasteiger partial charge in [0.2, 0.25) is 0 Å². The normalized spacial score (nSPS) is 26.7. The molecule has 1 heterocycles. The first kappa shape index (κ1) is 30.3. The topological polar surface area (TPSA) is 6.02 Å².